The van der Waals surface area contributed by atoms with Gasteiger partial charge in [0, 0.05) is 30.2 Å². The topological polar surface area (TPSA) is 76.6 Å². The van der Waals surface area contributed by atoms with Crippen LogP contribution in [0.5, 0.6) is 5.75 Å². The number of pyridine rings is 1. The Labute approximate surface area is 157 Å². The highest BCUT2D eigenvalue weighted by Gasteiger charge is 2.26. The number of rotatable bonds is 3. The van der Waals surface area contributed by atoms with Gasteiger partial charge in [0.15, 0.2) is 5.75 Å². The second-order valence-electron chi connectivity index (χ2n) is 6.53. The van der Waals surface area contributed by atoms with Gasteiger partial charge in [-0.3, -0.25) is 4.79 Å². The Balaban J connectivity index is 1.71. The van der Waals surface area contributed by atoms with Gasteiger partial charge in [0.25, 0.3) is 0 Å². The number of nitrogens with zero attached hydrogens (tertiary/aromatic N) is 2. The van der Waals surface area contributed by atoms with Crippen LogP contribution in [0.15, 0.2) is 53.4 Å². The van der Waals surface area contributed by atoms with Crippen molar-refractivity contribution in [3.8, 4) is 5.75 Å². The molecule has 0 spiro atoms. The van der Waals surface area contributed by atoms with E-state index in [1.54, 1.807) is 29.2 Å². The van der Waals surface area contributed by atoms with Crippen LogP contribution in [-0.2, 0) is 21.3 Å². The molecule has 138 valence electrons. The van der Waals surface area contributed by atoms with Crippen LogP contribution in [0.1, 0.15) is 18.2 Å². The summed E-state index contributed by atoms with van der Waals surface area (Å²) >= 11 is 0. The summed E-state index contributed by atoms with van der Waals surface area (Å²) in [4.78, 5) is 17.8. The molecule has 1 amide bonds. The molecule has 27 heavy (non-hydrogen) atoms. The Morgan fingerprint density at radius 1 is 1.15 bits per heavy atom. The van der Waals surface area contributed by atoms with E-state index in [1.165, 1.54) is 13.0 Å². The molecule has 0 saturated heterocycles. The van der Waals surface area contributed by atoms with Crippen LogP contribution >= 0.6 is 0 Å². The van der Waals surface area contributed by atoms with Gasteiger partial charge in [-0.2, -0.15) is 8.42 Å². The summed E-state index contributed by atoms with van der Waals surface area (Å²) in [6, 6.07) is 13.6. The van der Waals surface area contributed by atoms with Gasteiger partial charge in [0.1, 0.15) is 10.4 Å². The van der Waals surface area contributed by atoms with Crippen molar-refractivity contribution in [3.05, 3.63) is 59.8 Å². The second kappa shape index (κ2) is 6.35. The molecule has 6 nitrogen and oxygen atoms in total. The number of fused-ring (bicyclic) bond motifs is 2. The number of carbonyl (C=O) groups excluding carboxylic acids is 1. The smallest absolute Gasteiger partial charge is 0.339 e. The summed E-state index contributed by atoms with van der Waals surface area (Å²) in [5, 5.41) is 0.805. The van der Waals surface area contributed by atoms with Crippen molar-refractivity contribution in [2.24, 2.45) is 0 Å². The van der Waals surface area contributed by atoms with E-state index in [0.29, 0.717) is 18.5 Å². The van der Waals surface area contributed by atoms with Crippen LogP contribution < -0.4 is 9.08 Å². The van der Waals surface area contributed by atoms with Crippen LogP contribution in [0, 0.1) is 6.92 Å². The second-order valence-corrected chi connectivity index (χ2v) is 8.08. The van der Waals surface area contributed by atoms with Crippen molar-refractivity contribution in [2.45, 2.75) is 25.2 Å². The summed E-state index contributed by atoms with van der Waals surface area (Å²) in [6.07, 6.45) is 0.618. The lowest BCUT2D eigenvalue weighted by atomic mass is 10.2. The average Bonchev–Trinajstić information content (AvgIpc) is 3.05. The first-order valence-corrected chi connectivity index (χ1v) is 9.98. The van der Waals surface area contributed by atoms with Gasteiger partial charge in [-0.25, -0.2) is 4.98 Å². The number of benzene rings is 2. The molecule has 1 aliphatic rings. The van der Waals surface area contributed by atoms with Gasteiger partial charge in [-0.15, -0.1) is 0 Å². The molecule has 0 unspecified atom stereocenters. The summed E-state index contributed by atoms with van der Waals surface area (Å²) in [7, 11) is -4.02. The Morgan fingerprint density at radius 2 is 1.96 bits per heavy atom. The lowest BCUT2D eigenvalue weighted by Crippen LogP contribution is -2.25. The number of aryl methyl sites for hydroxylation is 1. The predicted molar refractivity (Wildman–Crippen MR) is 102 cm³/mol. The van der Waals surface area contributed by atoms with Crippen LogP contribution in [0.3, 0.4) is 0 Å². The number of hydrogen-bond donors (Lipinski definition) is 0. The predicted octanol–water partition coefficient (Wildman–Crippen LogP) is 3.22. The minimum absolute atomic E-state index is 0.0576. The largest absolute Gasteiger partial charge is 0.377 e. The first-order valence-electron chi connectivity index (χ1n) is 8.57. The van der Waals surface area contributed by atoms with E-state index in [9.17, 15) is 13.2 Å². The SMILES string of the molecule is CC(=O)N1CCc2cc(S(=O)(=O)Oc3cccc4ccc(C)nc34)ccc21. The number of para-hydroxylation sites is 1. The first kappa shape index (κ1) is 17.5. The molecule has 1 aliphatic heterocycles. The quantitative estimate of drug-likeness (QED) is 0.650. The third-order valence-corrected chi connectivity index (χ3v) is 5.87. The molecule has 0 aliphatic carbocycles. The number of aromatic nitrogens is 1. The molecule has 2 aromatic carbocycles. The van der Waals surface area contributed by atoms with E-state index in [-0.39, 0.29) is 16.6 Å². The normalized spacial score (nSPS) is 13.6. The van der Waals surface area contributed by atoms with Crippen LogP contribution in [0.4, 0.5) is 5.69 Å². The molecule has 3 aromatic rings. The van der Waals surface area contributed by atoms with Crippen molar-refractivity contribution in [2.75, 3.05) is 11.4 Å². The molecule has 0 saturated carbocycles. The number of carbonyl (C=O) groups is 1. The van der Waals surface area contributed by atoms with E-state index >= 15 is 0 Å². The Bertz CT molecular complexity index is 1170. The van der Waals surface area contributed by atoms with Crippen molar-refractivity contribution in [1.82, 2.24) is 4.98 Å². The van der Waals surface area contributed by atoms with Gasteiger partial charge >= 0.3 is 10.1 Å². The van der Waals surface area contributed by atoms with Crippen LogP contribution in [0.2, 0.25) is 0 Å². The molecule has 0 N–H and O–H groups in total. The average molecular weight is 382 g/mol. The summed E-state index contributed by atoms with van der Waals surface area (Å²) in [5.74, 6) is 0.139. The summed E-state index contributed by atoms with van der Waals surface area (Å²) in [6.45, 7) is 3.89. The zero-order valence-electron chi connectivity index (χ0n) is 15.0. The fraction of sp³-hybridized carbons (Fsp3) is 0.200. The molecule has 2 heterocycles. The third kappa shape index (κ3) is 3.14. The number of amides is 1. The fourth-order valence-corrected chi connectivity index (χ4v) is 4.30. The van der Waals surface area contributed by atoms with Gasteiger partial charge in [-0.1, -0.05) is 18.2 Å². The maximum absolute atomic E-state index is 12.8. The minimum Gasteiger partial charge on any atom is -0.377 e. The molecular formula is C20H18N2O4S. The zero-order valence-corrected chi connectivity index (χ0v) is 15.8. The lowest BCUT2D eigenvalue weighted by molar-refractivity contribution is -0.116. The minimum atomic E-state index is -4.02. The first-order chi connectivity index (χ1) is 12.8. The van der Waals surface area contributed by atoms with Crippen molar-refractivity contribution < 1.29 is 17.4 Å². The van der Waals surface area contributed by atoms with E-state index in [4.69, 9.17) is 4.18 Å². The highest BCUT2D eigenvalue weighted by molar-refractivity contribution is 7.87. The lowest BCUT2D eigenvalue weighted by Gasteiger charge is -2.15. The highest BCUT2D eigenvalue weighted by Crippen LogP contribution is 2.32. The van der Waals surface area contributed by atoms with Crippen molar-refractivity contribution in [3.63, 3.8) is 0 Å². The fourth-order valence-electron chi connectivity index (χ4n) is 3.31. The van der Waals surface area contributed by atoms with E-state index in [2.05, 4.69) is 4.98 Å². The molecule has 0 fully saturated rings. The number of hydrogen-bond acceptors (Lipinski definition) is 5. The molecule has 4 rings (SSSR count). The molecule has 0 atom stereocenters. The van der Waals surface area contributed by atoms with Gasteiger partial charge in [-0.05, 0) is 49.2 Å². The van der Waals surface area contributed by atoms with Gasteiger partial charge in [0.2, 0.25) is 5.91 Å². The molecule has 7 heteroatoms. The van der Waals surface area contributed by atoms with Crippen molar-refractivity contribution in [1.29, 1.82) is 0 Å². The maximum atomic E-state index is 12.8. The molecular weight excluding hydrogens is 364 g/mol. The standard InChI is InChI=1S/C20H18N2O4S/c1-13-6-7-15-4-3-5-19(20(15)21-13)26-27(24,25)17-8-9-18-16(12-17)10-11-22(18)14(2)23/h3-9,12H,10-11H2,1-2H3. The Hall–Kier alpha value is -2.93. The van der Waals surface area contributed by atoms with Gasteiger partial charge < -0.3 is 9.08 Å². The van der Waals surface area contributed by atoms with Crippen LogP contribution in [-0.4, -0.2) is 25.9 Å². The highest BCUT2D eigenvalue weighted by atomic mass is 32.2. The van der Waals surface area contributed by atoms with E-state index in [1.807, 2.05) is 25.1 Å². The molecule has 1 aromatic heterocycles. The Morgan fingerprint density at radius 3 is 2.74 bits per heavy atom. The monoisotopic (exact) mass is 382 g/mol. The summed E-state index contributed by atoms with van der Waals surface area (Å²) < 4.78 is 31.0. The Kier molecular flexibility index (Phi) is 4.11. The third-order valence-electron chi connectivity index (χ3n) is 4.64. The van der Waals surface area contributed by atoms with E-state index in [0.717, 1.165) is 22.3 Å². The molecule has 0 radical (unpaired) electrons. The summed E-state index contributed by atoms with van der Waals surface area (Å²) in [5.41, 5.74) is 2.86. The van der Waals surface area contributed by atoms with E-state index < -0.39 is 10.1 Å². The number of anilines is 1. The van der Waals surface area contributed by atoms with Crippen molar-refractivity contribution >= 4 is 32.6 Å². The molecule has 0 bridgehead atoms. The van der Waals surface area contributed by atoms with Gasteiger partial charge in [0.05, 0.1) is 0 Å². The maximum Gasteiger partial charge on any atom is 0.339 e. The van der Waals surface area contributed by atoms with Crippen LogP contribution in [0.25, 0.3) is 10.9 Å². The zero-order chi connectivity index (χ0) is 19.2.